The second-order valence-electron chi connectivity index (χ2n) is 5.34. The molecule has 0 fully saturated rings. The van der Waals surface area contributed by atoms with Gasteiger partial charge in [-0.3, -0.25) is 9.59 Å². The summed E-state index contributed by atoms with van der Waals surface area (Å²) in [4.78, 5) is 24.3. The van der Waals surface area contributed by atoms with Crippen LogP contribution in [0.1, 0.15) is 27.6 Å². The summed E-state index contributed by atoms with van der Waals surface area (Å²) >= 11 is 23.4. The fraction of sp³-hybridized carbons (Fsp3) is 0.176. The molecule has 1 atom stereocenters. The van der Waals surface area contributed by atoms with E-state index in [-0.39, 0.29) is 24.4 Å². The summed E-state index contributed by atoms with van der Waals surface area (Å²) in [6, 6.07) is 8.92. The highest BCUT2D eigenvalue weighted by Crippen LogP contribution is 2.23. The number of hydrogen-bond donors (Lipinski definition) is 2. The lowest BCUT2D eigenvalue weighted by Gasteiger charge is -2.15. The molecule has 2 amide bonds. The van der Waals surface area contributed by atoms with Gasteiger partial charge in [-0.15, -0.1) is 0 Å². The molecule has 2 rings (SSSR count). The largest absolute Gasteiger partial charge is 0.350 e. The van der Waals surface area contributed by atoms with Gasteiger partial charge in [0, 0.05) is 23.7 Å². The van der Waals surface area contributed by atoms with E-state index >= 15 is 0 Å². The quantitative estimate of drug-likeness (QED) is 0.727. The lowest BCUT2D eigenvalue weighted by atomic mass is 10.2. The van der Waals surface area contributed by atoms with Crippen LogP contribution < -0.4 is 10.6 Å². The second kappa shape index (κ2) is 8.77. The van der Waals surface area contributed by atoms with E-state index in [1.807, 2.05) is 0 Å². The van der Waals surface area contributed by atoms with Gasteiger partial charge in [0.15, 0.2) is 0 Å². The number of hydrogen-bond acceptors (Lipinski definition) is 2. The Bertz CT molecular complexity index is 811. The third-order valence-electron chi connectivity index (χ3n) is 3.31. The molecule has 2 aromatic carbocycles. The minimum absolute atomic E-state index is 0.242. The number of amides is 2. The van der Waals surface area contributed by atoms with Crippen molar-refractivity contribution in [3.63, 3.8) is 0 Å². The van der Waals surface area contributed by atoms with Crippen LogP contribution in [0.25, 0.3) is 0 Å². The van der Waals surface area contributed by atoms with E-state index in [1.165, 1.54) is 12.1 Å². The molecule has 0 bridgehead atoms. The lowest BCUT2D eigenvalue weighted by molar-refractivity contribution is 0.0912. The van der Waals surface area contributed by atoms with E-state index in [0.29, 0.717) is 31.2 Å². The van der Waals surface area contributed by atoms with Crippen LogP contribution in [0.15, 0.2) is 36.4 Å². The molecule has 25 heavy (non-hydrogen) atoms. The first kappa shape index (κ1) is 19.9. The van der Waals surface area contributed by atoms with Gasteiger partial charge in [-0.1, -0.05) is 46.4 Å². The van der Waals surface area contributed by atoms with Crippen molar-refractivity contribution < 1.29 is 9.59 Å². The Morgan fingerprint density at radius 2 is 1.32 bits per heavy atom. The maximum absolute atomic E-state index is 12.2. The SMILES string of the molecule is C[C@@H](CNC(=O)c1ccc(Cl)c(Cl)c1)NC(=O)c1ccc(Cl)c(Cl)c1. The highest BCUT2D eigenvalue weighted by atomic mass is 35.5. The van der Waals surface area contributed by atoms with E-state index in [2.05, 4.69) is 10.6 Å². The number of rotatable bonds is 5. The molecule has 0 aliphatic rings. The average Bonchev–Trinajstić information content (AvgIpc) is 2.57. The van der Waals surface area contributed by atoms with Crippen molar-refractivity contribution in [2.75, 3.05) is 6.54 Å². The molecule has 0 aliphatic heterocycles. The smallest absolute Gasteiger partial charge is 0.251 e. The zero-order valence-electron chi connectivity index (χ0n) is 13.1. The van der Waals surface area contributed by atoms with Crippen LogP contribution in [0.5, 0.6) is 0 Å². The minimum atomic E-state index is -0.311. The molecule has 0 unspecified atom stereocenters. The molecule has 0 aromatic heterocycles. The maximum atomic E-state index is 12.2. The van der Waals surface area contributed by atoms with Gasteiger partial charge in [0.25, 0.3) is 11.8 Å². The Morgan fingerprint density at radius 1 is 0.840 bits per heavy atom. The summed E-state index contributed by atoms with van der Waals surface area (Å²) in [5.74, 6) is -0.621. The van der Waals surface area contributed by atoms with Crippen molar-refractivity contribution >= 4 is 58.2 Å². The monoisotopic (exact) mass is 418 g/mol. The van der Waals surface area contributed by atoms with Crippen LogP contribution in [0.3, 0.4) is 0 Å². The molecule has 8 heteroatoms. The molecule has 2 N–H and O–H groups in total. The standard InChI is InChI=1S/C17H14Cl4N2O2/c1-9(23-17(25)11-3-5-13(19)15(21)7-11)8-22-16(24)10-2-4-12(18)14(20)6-10/h2-7,9H,8H2,1H3,(H,22,24)(H,23,25)/t9-/m0/s1. The van der Waals surface area contributed by atoms with Crippen molar-refractivity contribution in [2.24, 2.45) is 0 Å². The summed E-state index contributed by atoms with van der Waals surface area (Å²) < 4.78 is 0. The molecule has 4 nitrogen and oxygen atoms in total. The summed E-state index contributed by atoms with van der Waals surface area (Å²) in [6.45, 7) is 2.01. The predicted molar refractivity (Wildman–Crippen MR) is 102 cm³/mol. The van der Waals surface area contributed by atoms with E-state index in [1.54, 1.807) is 31.2 Å². The summed E-state index contributed by atoms with van der Waals surface area (Å²) in [7, 11) is 0. The van der Waals surface area contributed by atoms with Gasteiger partial charge in [0.05, 0.1) is 20.1 Å². The molecular weight excluding hydrogens is 406 g/mol. The third kappa shape index (κ3) is 5.51. The van der Waals surface area contributed by atoms with Gasteiger partial charge < -0.3 is 10.6 Å². The molecule has 132 valence electrons. The van der Waals surface area contributed by atoms with Gasteiger partial charge in [-0.25, -0.2) is 0 Å². The topological polar surface area (TPSA) is 58.2 Å². The Labute approximate surface area is 165 Å². The molecule has 0 saturated heterocycles. The summed E-state index contributed by atoms with van der Waals surface area (Å²) in [5, 5.41) is 6.84. The van der Waals surface area contributed by atoms with Gasteiger partial charge in [0.2, 0.25) is 0 Å². The predicted octanol–water partition coefficient (Wildman–Crippen LogP) is 4.85. The van der Waals surface area contributed by atoms with E-state index in [9.17, 15) is 9.59 Å². The number of nitrogens with one attached hydrogen (secondary N) is 2. The van der Waals surface area contributed by atoms with Crippen LogP contribution >= 0.6 is 46.4 Å². The first-order valence-electron chi connectivity index (χ1n) is 7.27. The van der Waals surface area contributed by atoms with Crippen LogP contribution in [0.4, 0.5) is 0 Å². The van der Waals surface area contributed by atoms with Crippen molar-refractivity contribution in [1.82, 2.24) is 10.6 Å². The van der Waals surface area contributed by atoms with Gasteiger partial charge >= 0.3 is 0 Å². The fourth-order valence-corrected chi connectivity index (χ4v) is 2.58. The van der Waals surface area contributed by atoms with Crippen molar-refractivity contribution in [3.8, 4) is 0 Å². The van der Waals surface area contributed by atoms with E-state index in [4.69, 9.17) is 46.4 Å². The molecular formula is C17H14Cl4N2O2. The Hall–Kier alpha value is -1.46. The molecule has 0 heterocycles. The second-order valence-corrected chi connectivity index (χ2v) is 6.97. The normalized spacial score (nSPS) is 11.7. The highest BCUT2D eigenvalue weighted by molar-refractivity contribution is 6.42. The average molecular weight is 420 g/mol. The third-order valence-corrected chi connectivity index (χ3v) is 4.79. The summed E-state index contributed by atoms with van der Waals surface area (Å²) in [6.07, 6.45) is 0. The maximum Gasteiger partial charge on any atom is 0.251 e. The Morgan fingerprint density at radius 3 is 1.80 bits per heavy atom. The minimum Gasteiger partial charge on any atom is -0.350 e. The number of carbonyl (C=O) groups excluding carboxylic acids is 2. The number of carbonyl (C=O) groups is 2. The van der Waals surface area contributed by atoms with E-state index in [0.717, 1.165) is 0 Å². The molecule has 0 aliphatic carbocycles. The van der Waals surface area contributed by atoms with Crippen molar-refractivity contribution in [2.45, 2.75) is 13.0 Å². The number of benzene rings is 2. The molecule has 0 radical (unpaired) electrons. The lowest BCUT2D eigenvalue weighted by Crippen LogP contribution is -2.41. The molecule has 0 spiro atoms. The van der Waals surface area contributed by atoms with Crippen LogP contribution in [0.2, 0.25) is 20.1 Å². The van der Waals surface area contributed by atoms with Crippen LogP contribution in [-0.2, 0) is 0 Å². The Balaban J connectivity index is 1.90. The molecule has 0 saturated carbocycles. The van der Waals surface area contributed by atoms with E-state index < -0.39 is 0 Å². The van der Waals surface area contributed by atoms with Crippen molar-refractivity contribution in [3.05, 3.63) is 67.6 Å². The van der Waals surface area contributed by atoms with Gasteiger partial charge in [0.1, 0.15) is 0 Å². The van der Waals surface area contributed by atoms with Gasteiger partial charge in [-0.2, -0.15) is 0 Å². The molecule has 2 aromatic rings. The Kier molecular flexibility index (Phi) is 6.96. The van der Waals surface area contributed by atoms with Crippen LogP contribution in [0, 0.1) is 0 Å². The summed E-state index contributed by atoms with van der Waals surface area (Å²) in [5.41, 5.74) is 0.773. The first-order valence-corrected chi connectivity index (χ1v) is 8.78. The zero-order chi connectivity index (χ0) is 18.6. The van der Waals surface area contributed by atoms with Crippen molar-refractivity contribution in [1.29, 1.82) is 0 Å². The number of halogens is 4. The van der Waals surface area contributed by atoms with Crippen LogP contribution in [-0.4, -0.2) is 24.4 Å². The first-order chi connectivity index (χ1) is 11.8. The highest BCUT2D eigenvalue weighted by Gasteiger charge is 2.13. The fourth-order valence-electron chi connectivity index (χ4n) is 1.98. The zero-order valence-corrected chi connectivity index (χ0v) is 16.1. The van der Waals surface area contributed by atoms with Gasteiger partial charge in [-0.05, 0) is 43.3 Å².